The number of halogens is 3. The Morgan fingerprint density at radius 3 is 2.54 bits per heavy atom. The van der Waals surface area contributed by atoms with E-state index in [1.165, 1.54) is 23.5 Å². The highest BCUT2D eigenvalue weighted by Crippen LogP contribution is 2.34. The molecule has 2 aromatic rings. The molecule has 1 aliphatic heterocycles. The Kier molecular flexibility index (Phi) is 5.39. The second-order valence-corrected chi connectivity index (χ2v) is 7.99. The lowest BCUT2D eigenvalue weighted by atomic mass is 10.0. The highest BCUT2D eigenvalue weighted by atomic mass is 32.1. The van der Waals surface area contributed by atoms with E-state index in [1.807, 2.05) is 0 Å². The largest absolute Gasteiger partial charge is 0.416 e. The van der Waals surface area contributed by atoms with Gasteiger partial charge in [0.15, 0.2) is 0 Å². The van der Waals surface area contributed by atoms with E-state index in [0.717, 1.165) is 29.2 Å². The molecule has 1 saturated heterocycles. The van der Waals surface area contributed by atoms with Crippen molar-refractivity contribution in [3.63, 3.8) is 0 Å². The molecule has 1 fully saturated rings. The molecule has 1 aromatic heterocycles. The van der Waals surface area contributed by atoms with Crippen LogP contribution < -0.4 is 0 Å². The zero-order chi connectivity index (χ0) is 18.9. The van der Waals surface area contributed by atoms with E-state index in [9.17, 15) is 18.3 Å². The Morgan fingerprint density at radius 2 is 1.96 bits per heavy atom. The van der Waals surface area contributed by atoms with Gasteiger partial charge in [-0.15, -0.1) is 11.3 Å². The number of nitrogens with zero attached hydrogens (tertiary/aromatic N) is 2. The molecule has 2 heterocycles. The topological polar surface area (TPSA) is 45.6 Å². The molecule has 3 rings (SSSR count). The van der Waals surface area contributed by atoms with Gasteiger partial charge >= 0.3 is 6.18 Å². The fourth-order valence-electron chi connectivity index (χ4n) is 2.92. The molecule has 26 heavy (non-hydrogen) atoms. The summed E-state index contributed by atoms with van der Waals surface area (Å²) >= 11 is 1.31. The van der Waals surface area contributed by atoms with Crippen LogP contribution in [0.2, 0.25) is 0 Å². The summed E-state index contributed by atoms with van der Waals surface area (Å²) < 4.78 is 43.7. The first-order valence-electron chi connectivity index (χ1n) is 8.30. The third kappa shape index (κ3) is 4.09. The molecule has 4 nitrogen and oxygen atoms in total. The van der Waals surface area contributed by atoms with Gasteiger partial charge in [0.05, 0.1) is 36.0 Å². The van der Waals surface area contributed by atoms with Crippen LogP contribution in [0.25, 0.3) is 10.6 Å². The summed E-state index contributed by atoms with van der Waals surface area (Å²) in [6, 6.07) is 4.96. The van der Waals surface area contributed by atoms with E-state index in [-0.39, 0.29) is 12.1 Å². The number of rotatable bonds is 4. The van der Waals surface area contributed by atoms with Gasteiger partial charge in [-0.25, -0.2) is 4.98 Å². The average molecular weight is 386 g/mol. The van der Waals surface area contributed by atoms with Crippen molar-refractivity contribution in [2.45, 2.75) is 38.7 Å². The molecule has 0 atom stereocenters. The molecule has 0 amide bonds. The zero-order valence-electron chi connectivity index (χ0n) is 14.6. The molecule has 1 aromatic carbocycles. The molecular weight excluding hydrogens is 365 g/mol. The van der Waals surface area contributed by atoms with Crippen molar-refractivity contribution in [2.75, 3.05) is 19.8 Å². The van der Waals surface area contributed by atoms with Crippen molar-refractivity contribution in [3.05, 3.63) is 40.4 Å². The van der Waals surface area contributed by atoms with E-state index in [2.05, 4.69) is 23.7 Å². The molecule has 0 saturated carbocycles. The van der Waals surface area contributed by atoms with Crippen molar-refractivity contribution in [2.24, 2.45) is 0 Å². The van der Waals surface area contributed by atoms with Crippen LogP contribution in [0.4, 0.5) is 13.2 Å². The number of aromatic nitrogens is 1. The van der Waals surface area contributed by atoms with Gasteiger partial charge in [-0.2, -0.15) is 13.2 Å². The van der Waals surface area contributed by atoms with Gasteiger partial charge < -0.3 is 9.84 Å². The highest BCUT2D eigenvalue weighted by Gasteiger charge is 2.32. The van der Waals surface area contributed by atoms with Crippen molar-refractivity contribution in [1.82, 2.24) is 9.88 Å². The van der Waals surface area contributed by atoms with E-state index in [0.29, 0.717) is 30.3 Å². The van der Waals surface area contributed by atoms with Gasteiger partial charge in [-0.05, 0) is 26.0 Å². The van der Waals surface area contributed by atoms with Crippen LogP contribution in [0.5, 0.6) is 0 Å². The number of aliphatic hydroxyl groups is 1. The smallest absolute Gasteiger partial charge is 0.391 e. The van der Waals surface area contributed by atoms with Crippen molar-refractivity contribution in [3.8, 4) is 10.6 Å². The Labute approximate surface area is 154 Å². The van der Waals surface area contributed by atoms with Gasteiger partial charge in [0.25, 0.3) is 0 Å². The monoisotopic (exact) mass is 386 g/mol. The minimum absolute atomic E-state index is 0.136. The minimum atomic E-state index is -4.36. The van der Waals surface area contributed by atoms with E-state index in [1.54, 1.807) is 0 Å². The van der Waals surface area contributed by atoms with Gasteiger partial charge in [0.1, 0.15) is 5.01 Å². The van der Waals surface area contributed by atoms with Crippen molar-refractivity contribution >= 4 is 11.3 Å². The first-order chi connectivity index (χ1) is 12.2. The van der Waals surface area contributed by atoms with Gasteiger partial charge in [0.2, 0.25) is 0 Å². The number of alkyl halides is 3. The van der Waals surface area contributed by atoms with Crippen molar-refractivity contribution in [1.29, 1.82) is 0 Å². The summed E-state index contributed by atoms with van der Waals surface area (Å²) in [5.41, 5.74) is 0.561. The maximum absolute atomic E-state index is 12.7. The molecule has 0 spiro atoms. The Hall–Kier alpha value is -1.48. The third-order valence-corrected chi connectivity index (χ3v) is 5.67. The number of aliphatic hydroxyl groups excluding tert-OH is 1. The molecule has 142 valence electrons. The Morgan fingerprint density at radius 1 is 1.27 bits per heavy atom. The number of ether oxygens (including phenoxy) is 1. The zero-order valence-corrected chi connectivity index (χ0v) is 15.5. The standard InChI is InChI=1S/C18H21F3N2O2S/c1-17(2)11-25-8-7-23(17)9-14-15(10-24)26-16(22-14)12-3-5-13(6-4-12)18(19,20)21/h3-6,24H,7-11H2,1-2H3. The number of hydrogen-bond donors (Lipinski definition) is 1. The quantitative estimate of drug-likeness (QED) is 0.865. The van der Waals surface area contributed by atoms with Crippen LogP contribution in [-0.4, -0.2) is 40.3 Å². The summed E-state index contributed by atoms with van der Waals surface area (Å²) in [4.78, 5) is 7.59. The normalized spacial score (nSPS) is 18.2. The summed E-state index contributed by atoms with van der Waals surface area (Å²) in [5.74, 6) is 0. The van der Waals surface area contributed by atoms with Crippen molar-refractivity contribution < 1.29 is 23.0 Å². The lowest BCUT2D eigenvalue weighted by Gasteiger charge is -2.41. The predicted molar refractivity (Wildman–Crippen MR) is 93.8 cm³/mol. The first kappa shape index (κ1) is 19.3. The minimum Gasteiger partial charge on any atom is -0.391 e. The SMILES string of the molecule is CC1(C)COCCN1Cc1nc(-c2ccc(C(F)(F)F)cc2)sc1CO. The van der Waals surface area contributed by atoms with Gasteiger partial charge in [-0.3, -0.25) is 4.90 Å². The van der Waals surface area contributed by atoms with Crippen LogP contribution in [0.3, 0.4) is 0 Å². The van der Waals surface area contributed by atoms with Crippen LogP contribution in [0.1, 0.15) is 30.0 Å². The van der Waals surface area contributed by atoms with Crippen LogP contribution in [0.15, 0.2) is 24.3 Å². The molecule has 8 heteroatoms. The Bertz CT molecular complexity index is 757. The Balaban J connectivity index is 1.84. The molecule has 0 bridgehead atoms. The highest BCUT2D eigenvalue weighted by molar-refractivity contribution is 7.15. The maximum atomic E-state index is 12.7. The molecule has 0 radical (unpaired) electrons. The number of thiazole rings is 1. The summed E-state index contributed by atoms with van der Waals surface area (Å²) in [5, 5.41) is 10.3. The predicted octanol–water partition coefficient (Wildman–Crippen LogP) is 3.93. The van der Waals surface area contributed by atoms with Gasteiger partial charge in [0, 0.05) is 24.2 Å². The summed E-state index contributed by atoms with van der Waals surface area (Å²) in [6.07, 6.45) is -4.36. The summed E-state index contributed by atoms with van der Waals surface area (Å²) in [7, 11) is 0. The second kappa shape index (κ2) is 7.26. The number of morpholine rings is 1. The molecule has 0 unspecified atom stereocenters. The maximum Gasteiger partial charge on any atom is 0.416 e. The molecule has 1 aliphatic rings. The van der Waals surface area contributed by atoms with E-state index < -0.39 is 11.7 Å². The second-order valence-electron chi connectivity index (χ2n) is 6.91. The lowest BCUT2D eigenvalue weighted by Crippen LogP contribution is -2.52. The van der Waals surface area contributed by atoms with Crippen LogP contribution in [-0.2, 0) is 24.1 Å². The lowest BCUT2D eigenvalue weighted by molar-refractivity contribution is -0.137. The fourth-order valence-corrected chi connectivity index (χ4v) is 3.86. The molecule has 0 aliphatic carbocycles. The average Bonchev–Trinajstić information content (AvgIpc) is 2.99. The van der Waals surface area contributed by atoms with E-state index in [4.69, 9.17) is 4.74 Å². The number of hydrogen-bond acceptors (Lipinski definition) is 5. The fraction of sp³-hybridized carbons (Fsp3) is 0.500. The van der Waals surface area contributed by atoms with Gasteiger partial charge in [-0.1, -0.05) is 12.1 Å². The molecule has 1 N–H and O–H groups in total. The molecular formula is C18H21F3N2O2S. The van der Waals surface area contributed by atoms with Crippen LogP contribution >= 0.6 is 11.3 Å². The summed E-state index contributed by atoms with van der Waals surface area (Å²) in [6.45, 7) is 6.65. The van der Waals surface area contributed by atoms with E-state index >= 15 is 0 Å². The number of benzene rings is 1. The first-order valence-corrected chi connectivity index (χ1v) is 9.12. The third-order valence-electron chi connectivity index (χ3n) is 4.54. The van der Waals surface area contributed by atoms with Crippen LogP contribution in [0, 0.1) is 0 Å².